The summed E-state index contributed by atoms with van der Waals surface area (Å²) < 4.78 is 11.0. The molecule has 0 unspecified atom stereocenters. The van der Waals surface area contributed by atoms with Crippen molar-refractivity contribution < 1.29 is 9.26 Å². The molecule has 3 aromatic rings. The Morgan fingerprint density at radius 2 is 2.19 bits per heavy atom. The molecule has 6 heteroatoms. The molecule has 1 N–H and O–H groups in total. The third-order valence-corrected chi connectivity index (χ3v) is 5.08. The van der Waals surface area contributed by atoms with Gasteiger partial charge in [0, 0.05) is 18.2 Å². The lowest BCUT2D eigenvalue weighted by atomic mass is 9.95. The Kier molecular flexibility index (Phi) is 4.75. The van der Waals surface area contributed by atoms with Gasteiger partial charge in [0.15, 0.2) is 5.76 Å². The molecule has 6 nitrogen and oxygen atoms in total. The number of methoxy groups -OCH3 is 1. The molecule has 1 aromatic carbocycles. The van der Waals surface area contributed by atoms with Crippen molar-refractivity contribution in [3.63, 3.8) is 0 Å². The number of hydrogen-bond donors (Lipinski definition) is 1. The molecule has 0 spiro atoms. The van der Waals surface area contributed by atoms with Crippen LogP contribution in [-0.2, 0) is 6.54 Å². The van der Waals surface area contributed by atoms with Crippen LogP contribution in [0.1, 0.15) is 42.3 Å². The topological polar surface area (TPSA) is 67.2 Å². The standard InChI is InChI=1S/C20H24N4O2/c1-14-11-19(26-23-14)16-12-21-22-20(16)17-8-5-6-10-24(17)13-15-7-3-4-9-18(15)25-2/h3-4,7,9,11-12,17H,5-6,8,10,13H2,1-2H3,(H,21,22)/t17-/m1/s1. The predicted octanol–water partition coefficient (Wildman–Crippen LogP) is 4.11. The summed E-state index contributed by atoms with van der Waals surface area (Å²) in [6.45, 7) is 3.83. The van der Waals surface area contributed by atoms with Crippen molar-refractivity contribution in [3.8, 4) is 17.1 Å². The van der Waals surface area contributed by atoms with Gasteiger partial charge in [-0.05, 0) is 32.4 Å². The van der Waals surface area contributed by atoms with Gasteiger partial charge in [0.25, 0.3) is 0 Å². The summed E-state index contributed by atoms with van der Waals surface area (Å²) in [5, 5.41) is 11.5. The van der Waals surface area contributed by atoms with Gasteiger partial charge in [-0.2, -0.15) is 5.10 Å². The van der Waals surface area contributed by atoms with Gasteiger partial charge < -0.3 is 9.26 Å². The average Bonchev–Trinajstić information content (AvgIpc) is 3.31. The van der Waals surface area contributed by atoms with Gasteiger partial charge in [-0.1, -0.05) is 29.8 Å². The molecule has 0 aliphatic carbocycles. The Labute approximate surface area is 153 Å². The van der Waals surface area contributed by atoms with E-state index >= 15 is 0 Å². The lowest BCUT2D eigenvalue weighted by Gasteiger charge is -2.35. The highest BCUT2D eigenvalue weighted by atomic mass is 16.5. The minimum absolute atomic E-state index is 0.275. The van der Waals surface area contributed by atoms with Crippen LogP contribution in [0.15, 0.2) is 41.1 Å². The fraction of sp³-hybridized carbons (Fsp3) is 0.400. The number of benzene rings is 1. The number of aromatic amines is 1. The Morgan fingerprint density at radius 3 is 3.00 bits per heavy atom. The van der Waals surface area contributed by atoms with E-state index in [9.17, 15) is 0 Å². The van der Waals surface area contributed by atoms with Crippen LogP contribution in [0.25, 0.3) is 11.3 Å². The maximum absolute atomic E-state index is 5.54. The second-order valence-corrected chi connectivity index (χ2v) is 6.82. The first-order chi connectivity index (χ1) is 12.8. The van der Waals surface area contributed by atoms with Crippen LogP contribution in [0.4, 0.5) is 0 Å². The summed E-state index contributed by atoms with van der Waals surface area (Å²) in [6, 6.07) is 10.5. The van der Waals surface area contributed by atoms with E-state index in [0.717, 1.165) is 48.0 Å². The minimum Gasteiger partial charge on any atom is -0.496 e. The molecule has 1 saturated heterocycles. The van der Waals surface area contributed by atoms with E-state index in [0.29, 0.717) is 0 Å². The quantitative estimate of drug-likeness (QED) is 0.748. The van der Waals surface area contributed by atoms with Crippen LogP contribution < -0.4 is 4.74 Å². The zero-order valence-electron chi connectivity index (χ0n) is 15.2. The number of para-hydroxylation sites is 1. The zero-order chi connectivity index (χ0) is 17.9. The number of aromatic nitrogens is 3. The lowest BCUT2D eigenvalue weighted by molar-refractivity contribution is 0.136. The first-order valence-electron chi connectivity index (χ1n) is 9.09. The van der Waals surface area contributed by atoms with E-state index in [1.165, 1.54) is 18.4 Å². The summed E-state index contributed by atoms with van der Waals surface area (Å²) in [4.78, 5) is 2.50. The van der Waals surface area contributed by atoms with Crippen LogP contribution >= 0.6 is 0 Å². The van der Waals surface area contributed by atoms with Crippen molar-refractivity contribution in [1.29, 1.82) is 0 Å². The molecule has 0 radical (unpaired) electrons. The number of rotatable bonds is 5. The van der Waals surface area contributed by atoms with Crippen molar-refractivity contribution in [2.75, 3.05) is 13.7 Å². The van der Waals surface area contributed by atoms with Crippen molar-refractivity contribution in [1.82, 2.24) is 20.3 Å². The molecule has 0 saturated carbocycles. The fourth-order valence-electron chi connectivity index (χ4n) is 3.80. The van der Waals surface area contributed by atoms with Crippen LogP contribution in [-0.4, -0.2) is 33.9 Å². The number of hydrogen-bond acceptors (Lipinski definition) is 5. The van der Waals surface area contributed by atoms with Gasteiger partial charge in [-0.15, -0.1) is 0 Å². The molecular weight excluding hydrogens is 328 g/mol. The highest BCUT2D eigenvalue weighted by molar-refractivity contribution is 5.60. The molecule has 26 heavy (non-hydrogen) atoms. The van der Waals surface area contributed by atoms with E-state index < -0.39 is 0 Å². The molecule has 0 bridgehead atoms. The lowest BCUT2D eigenvalue weighted by Crippen LogP contribution is -2.33. The fourth-order valence-corrected chi connectivity index (χ4v) is 3.80. The number of nitrogens with zero attached hydrogens (tertiary/aromatic N) is 3. The number of likely N-dealkylation sites (tertiary alicyclic amines) is 1. The highest BCUT2D eigenvalue weighted by Gasteiger charge is 2.29. The summed E-state index contributed by atoms with van der Waals surface area (Å²) in [5.41, 5.74) is 4.19. The first-order valence-corrected chi connectivity index (χ1v) is 9.09. The number of nitrogens with one attached hydrogen (secondary N) is 1. The van der Waals surface area contributed by atoms with Crippen molar-refractivity contribution in [3.05, 3.63) is 53.5 Å². The average molecular weight is 352 g/mol. The third-order valence-electron chi connectivity index (χ3n) is 5.08. The number of ether oxygens (including phenoxy) is 1. The highest BCUT2D eigenvalue weighted by Crippen LogP contribution is 2.37. The predicted molar refractivity (Wildman–Crippen MR) is 98.8 cm³/mol. The molecule has 1 fully saturated rings. The number of H-pyrrole nitrogens is 1. The normalized spacial score (nSPS) is 18.2. The van der Waals surface area contributed by atoms with Crippen LogP contribution in [0.5, 0.6) is 5.75 Å². The van der Waals surface area contributed by atoms with Crippen LogP contribution in [0, 0.1) is 6.92 Å². The third kappa shape index (κ3) is 3.24. The first kappa shape index (κ1) is 16.8. The summed E-state index contributed by atoms with van der Waals surface area (Å²) >= 11 is 0. The van der Waals surface area contributed by atoms with Crippen molar-refractivity contribution in [2.45, 2.75) is 38.8 Å². The van der Waals surface area contributed by atoms with E-state index in [1.807, 2.05) is 31.3 Å². The number of aryl methyl sites for hydroxylation is 1. The zero-order valence-corrected chi connectivity index (χ0v) is 15.2. The molecule has 136 valence electrons. The van der Waals surface area contributed by atoms with E-state index in [-0.39, 0.29) is 6.04 Å². The second-order valence-electron chi connectivity index (χ2n) is 6.82. The van der Waals surface area contributed by atoms with Gasteiger partial charge in [0.2, 0.25) is 0 Å². The Bertz CT molecular complexity index is 870. The SMILES string of the molecule is COc1ccccc1CN1CCCC[C@@H]1c1[nH]ncc1-c1cc(C)no1. The molecule has 1 aliphatic heterocycles. The number of piperidine rings is 1. The van der Waals surface area contributed by atoms with Crippen molar-refractivity contribution >= 4 is 0 Å². The van der Waals surface area contributed by atoms with Gasteiger partial charge in [0.05, 0.1) is 36.3 Å². The largest absolute Gasteiger partial charge is 0.496 e. The molecule has 3 heterocycles. The Morgan fingerprint density at radius 1 is 1.31 bits per heavy atom. The summed E-state index contributed by atoms with van der Waals surface area (Å²) in [7, 11) is 1.73. The second kappa shape index (κ2) is 7.33. The monoisotopic (exact) mass is 352 g/mol. The van der Waals surface area contributed by atoms with E-state index in [4.69, 9.17) is 9.26 Å². The van der Waals surface area contributed by atoms with Crippen molar-refractivity contribution in [2.24, 2.45) is 0 Å². The molecular formula is C20H24N4O2. The van der Waals surface area contributed by atoms with E-state index in [1.54, 1.807) is 7.11 Å². The Balaban J connectivity index is 1.64. The smallest absolute Gasteiger partial charge is 0.170 e. The molecule has 1 aliphatic rings. The molecule has 2 aromatic heterocycles. The van der Waals surface area contributed by atoms with E-state index in [2.05, 4.69) is 32.4 Å². The summed E-state index contributed by atoms with van der Waals surface area (Å²) in [5.74, 6) is 1.71. The molecule has 4 rings (SSSR count). The summed E-state index contributed by atoms with van der Waals surface area (Å²) in [6.07, 6.45) is 5.35. The van der Waals surface area contributed by atoms with Gasteiger partial charge in [-0.25, -0.2) is 0 Å². The van der Waals surface area contributed by atoms with Gasteiger partial charge >= 0.3 is 0 Å². The Hall–Kier alpha value is -2.60. The van der Waals surface area contributed by atoms with Crippen LogP contribution in [0.2, 0.25) is 0 Å². The maximum atomic E-state index is 5.54. The molecule has 1 atom stereocenters. The van der Waals surface area contributed by atoms with Gasteiger partial charge in [0.1, 0.15) is 5.75 Å². The minimum atomic E-state index is 0.275. The van der Waals surface area contributed by atoms with Gasteiger partial charge in [-0.3, -0.25) is 10.00 Å². The maximum Gasteiger partial charge on any atom is 0.170 e. The molecule has 0 amide bonds. The van der Waals surface area contributed by atoms with Crippen LogP contribution in [0.3, 0.4) is 0 Å².